The summed E-state index contributed by atoms with van der Waals surface area (Å²) < 4.78 is 6.51. The Labute approximate surface area is 316 Å². The summed E-state index contributed by atoms with van der Waals surface area (Å²) in [4.78, 5) is 2.37. The van der Waals surface area contributed by atoms with Crippen LogP contribution in [-0.4, -0.2) is 0 Å². The third kappa shape index (κ3) is 5.68. The first-order valence-corrected chi connectivity index (χ1v) is 18.9. The summed E-state index contributed by atoms with van der Waals surface area (Å²) in [5.41, 5.74) is 17.5. The minimum absolute atomic E-state index is 0.923. The smallest absolute Gasteiger partial charge is 0.143 e. The molecule has 1 aliphatic rings. The first-order chi connectivity index (χ1) is 26.6. The molecule has 0 unspecified atom stereocenters. The zero-order chi connectivity index (χ0) is 36.2. The maximum Gasteiger partial charge on any atom is 0.143 e. The lowest BCUT2D eigenvalue weighted by atomic mass is 9.93. The predicted octanol–water partition coefficient (Wildman–Crippen LogP) is 14.8. The number of furan rings is 1. The number of rotatable bonds is 6. The van der Waals surface area contributed by atoms with Gasteiger partial charge in [0.25, 0.3) is 0 Å². The van der Waals surface area contributed by atoms with Crippen LogP contribution in [0, 0.1) is 13.8 Å². The van der Waals surface area contributed by atoms with Crippen LogP contribution in [-0.2, 0) is 6.42 Å². The highest BCUT2D eigenvalue weighted by Crippen LogP contribution is 2.42. The van der Waals surface area contributed by atoms with Gasteiger partial charge >= 0.3 is 0 Å². The van der Waals surface area contributed by atoms with E-state index in [0.717, 1.165) is 57.6 Å². The van der Waals surface area contributed by atoms with Gasteiger partial charge in [0.15, 0.2) is 0 Å². The molecular weight excluding hydrogens is 655 g/mol. The number of anilines is 3. The second-order valence-corrected chi connectivity index (χ2v) is 14.7. The van der Waals surface area contributed by atoms with Gasteiger partial charge in [0.2, 0.25) is 0 Å². The fourth-order valence-electron chi connectivity index (χ4n) is 8.29. The van der Waals surface area contributed by atoms with E-state index in [2.05, 4.69) is 195 Å². The van der Waals surface area contributed by atoms with Crippen LogP contribution in [0.2, 0.25) is 0 Å². The highest BCUT2D eigenvalue weighted by molar-refractivity contribution is 6.10. The molecule has 0 spiro atoms. The topological polar surface area (TPSA) is 16.4 Å². The van der Waals surface area contributed by atoms with Crippen molar-refractivity contribution >= 4 is 55.8 Å². The number of fused-ring (bicyclic) bond motifs is 5. The van der Waals surface area contributed by atoms with Crippen molar-refractivity contribution in [2.75, 3.05) is 4.90 Å². The molecule has 2 nitrogen and oxygen atoms in total. The van der Waals surface area contributed by atoms with Crippen LogP contribution in [0.15, 0.2) is 174 Å². The van der Waals surface area contributed by atoms with E-state index < -0.39 is 0 Å². The molecule has 0 saturated heterocycles. The van der Waals surface area contributed by atoms with Crippen LogP contribution in [0.5, 0.6) is 0 Å². The van der Waals surface area contributed by atoms with E-state index >= 15 is 0 Å². The maximum atomic E-state index is 6.51. The monoisotopic (exact) mass is 693 g/mol. The van der Waals surface area contributed by atoms with Crippen molar-refractivity contribution in [2.24, 2.45) is 0 Å². The average molecular weight is 694 g/mol. The lowest BCUT2D eigenvalue weighted by Gasteiger charge is -2.26. The van der Waals surface area contributed by atoms with Crippen LogP contribution in [0.3, 0.4) is 0 Å². The molecule has 0 aliphatic heterocycles. The Morgan fingerprint density at radius 1 is 0.481 bits per heavy atom. The minimum atomic E-state index is 0.923. The molecule has 0 fully saturated rings. The number of nitrogens with zero attached hydrogens (tertiary/aromatic N) is 1. The molecule has 54 heavy (non-hydrogen) atoms. The van der Waals surface area contributed by atoms with Crippen molar-refractivity contribution in [3.8, 4) is 33.4 Å². The summed E-state index contributed by atoms with van der Waals surface area (Å²) in [5, 5.41) is 4.82. The molecule has 10 rings (SSSR count). The van der Waals surface area contributed by atoms with Gasteiger partial charge in [-0.3, -0.25) is 0 Å². The molecule has 258 valence electrons. The van der Waals surface area contributed by atoms with Crippen LogP contribution in [0.25, 0.3) is 72.2 Å². The molecule has 1 aliphatic carbocycles. The first-order valence-electron chi connectivity index (χ1n) is 18.9. The Kier molecular flexibility index (Phi) is 7.77. The molecule has 1 aromatic heterocycles. The highest BCUT2D eigenvalue weighted by Gasteiger charge is 2.18. The molecule has 9 aromatic rings. The largest absolute Gasteiger partial charge is 0.455 e. The molecule has 2 heteroatoms. The zero-order valence-electron chi connectivity index (χ0n) is 30.5. The molecule has 1 heterocycles. The SMILES string of the molecule is Cc1ccc2oc3c(-c4ccc(N(c5ccc(-c6ccc7c(c6)C=CCC7)cc5)c5cccc(-c6cccc7ccccc67)c5)cc4)cc(C)cc3c2c1. The summed E-state index contributed by atoms with van der Waals surface area (Å²) >= 11 is 0. The number of benzene rings is 8. The molecule has 0 atom stereocenters. The summed E-state index contributed by atoms with van der Waals surface area (Å²) in [6.07, 6.45) is 6.78. The van der Waals surface area contributed by atoms with Crippen LogP contribution in [0.4, 0.5) is 17.1 Å². The summed E-state index contributed by atoms with van der Waals surface area (Å²) in [5.74, 6) is 0. The fraction of sp³-hybridized carbons (Fsp3) is 0.0769. The van der Waals surface area contributed by atoms with E-state index in [1.54, 1.807) is 0 Å². The van der Waals surface area contributed by atoms with Gasteiger partial charge in [0, 0.05) is 33.4 Å². The lowest BCUT2D eigenvalue weighted by Crippen LogP contribution is -2.10. The lowest BCUT2D eigenvalue weighted by molar-refractivity contribution is 0.670. The van der Waals surface area contributed by atoms with E-state index in [-0.39, 0.29) is 0 Å². The molecule has 8 aromatic carbocycles. The third-order valence-corrected chi connectivity index (χ3v) is 11.0. The molecule has 0 N–H and O–H groups in total. The molecular formula is C52H39NO. The van der Waals surface area contributed by atoms with Gasteiger partial charge in [-0.2, -0.15) is 0 Å². The quantitative estimate of drug-likeness (QED) is 0.172. The fourth-order valence-corrected chi connectivity index (χ4v) is 8.29. The first kappa shape index (κ1) is 32.0. The molecule has 0 bridgehead atoms. The Balaban J connectivity index is 1.08. The van der Waals surface area contributed by atoms with Gasteiger partial charge in [-0.25, -0.2) is 0 Å². The number of aryl methyl sites for hydroxylation is 3. The molecule has 0 amide bonds. The van der Waals surface area contributed by atoms with Crippen molar-refractivity contribution < 1.29 is 4.42 Å². The summed E-state index contributed by atoms with van der Waals surface area (Å²) in [6, 6.07) is 59.9. The van der Waals surface area contributed by atoms with E-state index in [1.807, 2.05) is 0 Å². The molecule has 0 saturated carbocycles. The van der Waals surface area contributed by atoms with Gasteiger partial charge < -0.3 is 9.32 Å². The zero-order valence-corrected chi connectivity index (χ0v) is 30.5. The Bertz CT molecular complexity index is 2890. The van der Waals surface area contributed by atoms with Crippen LogP contribution in [0.1, 0.15) is 28.7 Å². The second-order valence-electron chi connectivity index (χ2n) is 14.7. The van der Waals surface area contributed by atoms with Gasteiger partial charge in [0.1, 0.15) is 11.2 Å². The van der Waals surface area contributed by atoms with Crippen molar-refractivity contribution in [2.45, 2.75) is 26.7 Å². The van der Waals surface area contributed by atoms with Crippen LogP contribution >= 0.6 is 0 Å². The predicted molar refractivity (Wildman–Crippen MR) is 229 cm³/mol. The van der Waals surface area contributed by atoms with E-state index in [4.69, 9.17) is 4.42 Å². The van der Waals surface area contributed by atoms with Gasteiger partial charge in [-0.15, -0.1) is 0 Å². The second kappa shape index (κ2) is 13.1. The average Bonchev–Trinajstić information content (AvgIpc) is 3.58. The normalized spacial score (nSPS) is 12.4. The highest BCUT2D eigenvalue weighted by atomic mass is 16.3. The Hall–Kier alpha value is -6.64. The summed E-state index contributed by atoms with van der Waals surface area (Å²) in [7, 11) is 0. The van der Waals surface area contributed by atoms with E-state index in [9.17, 15) is 0 Å². The van der Waals surface area contributed by atoms with Gasteiger partial charge in [0.05, 0.1) is 0 Å². The number of hydrogen-bond acceptors (Lipinski definition) is 2. The standard InChI is InChI=1S/C52H39NO/c1-34-17-28-51-49(29-34)50-31-35(2)30-48(52(50)54-51)39-22-26-44(27-23-39)53(43-24-20-37(21-25-43)41-19-18-36-9-3-4-11-40(36)32-41)45-14-7-13-42(33-45)47-16-8-12-38-10-5-6-15-46(38)47/h4-8,10-33H,3,9H2,1-2H3. The van der Waals surface area contributed by atoms with Crippen molar-refractivity contribution in [1.29, 1.82) is 0 Å². The van der Waals surface area contributed by atoms with Crippen LogP contribution < -0.4 is 4.90 Å². The number of hydrogen-bond donors (Lipinski definition) is 0. The van der Waals surface area contributed by atoms with Gasteiger partial charge in [-0.1, -0.05) is 115 Å². The molecule has 0 radical (unpaired) electrons. The van der Waals surface area contributed by atoms with Gasteiger partial charge in [-0.05, 0) is 149 Å². The number of allylic oxidation sites excluding steroid dienone is 1. The van der Waals surface area contributed by atoms with E-state index in [0.29, 0.717) is 0 Å². The Morgan fingerprint density at radius 3 is 2.07 bits per heavy atom. The van der Waals surface area contributed by atoms with Crippen molar-refractivity contribution in [1.82, 2.24) is 0 Å². The Morgan fingerprint density at radius 2 is 1.22 bits per heavy atom. The van der Waals surface area contributed by atoms with E-state index in [1.165, 1.54) is 60.7 Å². The van der Waals surface area contributed by atoms with Crippen molar-refractivity contribution in [3.63, 3.8) is 0 Å². The minimum Gasteiger partial charge on any atom is -0.455 e. The summed E-state index contributed by atoms with van der Waals surface area (Å²) in [6.45, 7) is 4.30. The maximum absolute atomic E-state index is 6.51. The third-order valence-electron chi connectivity index (χ3n) is 11.0. The van der Waals surface area contributed by atoms with Crippen molar-refractivity contribution in [3.05, 3.63) is 192 Å².